The van der Waals surface area contributed by atoms with Crippen LogP contribution in [0, 0.1) is 0 Å². The number of fused-ring (bicyclic) bond motifs is 1. The van der Waals surface area contributed by atoms with Crippen molar-refractivity contribution in [3.05, 3.63) is 35.4 Å². The van der Waals surface area contributed by atoms with Crippen molar-refractivity contribution in [3.8, 4) is 0 Å². The Labute approximate surface area is 125 Å². The molecule has 0 saturated carbocycles. The van der Waals surface area contributed by atoms with Gasteiger partial charge in [0, 0.05) is 12.0 Å². The van der Waals surface area contributed by atoms with E-state index in [1.165, 1.54) is 0 Å². The molecule has 2 atom stereocenters. The van der Waals surface area contributed by atoms with Crippen molar-refractivity contribution in [3.63, 3.8) is 0 Å². The summed E-state index contributed by atoms with van der Waals surface area (Å²) in [6, 6.07) is 7.32. The maximum Gasteiger partial charge on any atom is 0.228 e. The van der Waals surface area contributed by atoms with Gasteiger partial charge >= 0.3 is 0 Å². The Balaban J connectivity index is 2.21. The number of carbonyl (C=O) groups excluding carboxylic acids is 2. The first-order valence-corrected chi connectivity index (χ1v) is 7.56. The van der Waals surface area contributed by atoms with Gasteiger partial charge in [0.15, 0.2) is 5.78 Å². The maximum absolute atomic E-state index is 12.6. The first-order valence-electron chi connectivity index (χ1n) is 7.56. The molecule has 0 aromatic heterocycles. The average Bonchev–Trinajstić information content (AvgIpc) is 2.48. The minimum Gasteiger partial charge on any atom is -0.394 e. The van der Waals surface area contributed by atoms with Crippen molar-refractivity contribution in [2.24, 2.45) is 0 Å². The highest BCUT2D eigenvalue weighted by molar-refractivity contribution is 6.01. The molecule has 4 heteroatoms. The molecule has 2 N–H and O–H groups in total. The van der Waals surface area contributed by atoms with Gasteiger partial charge in [-0.2, -0.15) is 0 Å². The third-order valence-electron chi connectivity index (χ3n) is 4.19. The normalized spacial score (nSPS) is 20.5. The van der Waals surface area contributed by atoms with Crippen LogP contribution in [0.3, 0.4) is 0 Å². The van der Waals surface area contributed by atoms with Crippen LogP contribution < -0.4 is 5.32 Å². The SMILES string of the molecule is CCC[C@@](C)(CO)NC(=O)[C@H]1CCC(=O)c2ccccc21. The standard InChI is InChI=1S/C17H23NO3/c1-3-10-17(2,11-19)18-16(21)14-8-9-15(20)13-7-5-4-6-12(13)14/h4-7,14,19H,3,8-11H2,1-2H3,(H,18,21)/t14-,17-/m0/s1. The van der Waals surface area contributed by atoms with Crippen molar-refractivity contribution in [2.45, 2.75) is 51.0 Å². The van der Waals surface area contributed by atoms with Gasteiger partial charge < -0.3 is 10.4 Å². The Kier molecular flexibility index (Phi) is 4.78. The molecule has 4 nitrogen and oxygen atoms in total. The average molecular weight is 289 g/mol. The van der Waals surface area contributed by atoms with E-state index in [1.54, 1.807) is 6.07 Å². The molecule has 1 aliphatic rings. The molecule has 114 valence electrons. The third kappa shape index (κ3) is 3.32. The van der Waals surface area contributed by atoms with E-state index in [0.29, 0.717) is 18.4 Å². The molecular weight excluding hydrogens is 266 g/mol. The Morgan fingerprint density at radius 3 is 2.81 bits per heavy atom. The maximum atomic E-state index is 12.6. The number of Topliss-reactive ketones (excluding diaryl/α,β-unsaturated/α-hetero) is 1. The molecule has 0 bridgehead atoms. The first kappa shape index (κ1) is 15.7. The number of carbonyl (C=O) groups is 2. The number of amides is 1. The lowest BCUT2D eigenvalue weighted by atomic mass is 9.81. The van der Waals surface area contributed by atoms with Crippen LogP contribution in [0.1, 0.15) is 61.4 Å². The second-order valence-corrected chi connectivity index (χ2v) is 6.06. The highest BCUT2D eigenvalue weighted by atomic mass is 16.3. The highest BCUT2D eigenvalue weighted by Gasteiger charge is 2.33. The molecule has 0 radical (unpaired) electrons. The number of aliphatic hydroxyl groups is 1. The molecule has 2 rings (SSSR count). The predicted octanol–water partition coefficient (Wildman–Crippen LogP) is 2.41. The van der Waals surface area contributed by atoms with Crippen molar-refractivity contribution in [2.75, 3.05) is 6.61 Å². The van der Waals surface area contributed by atoms with E-state index in [0.717, 1.165) is 18.4 Å². The lowest BCUT2D eigenvalue weighted by Gasteiger charge is -2.32. The summed E-state index contributed by atoms with van der Waals surface area (Å²) in [5.74, 6) is -0.297. The van der Waals surface area contributed by atoms with Crippen LogP contribution >= 0.6 is 0 Å². The van der Waals surface area contributed by atoms with Crippen molar-refractivity contribution in [1.82, 2.24) is 5.32 Å². The second kappa shape index (κ2) is 6.39. The molecule has 1 aliphatic carbocycles. The number of hydrogen-bond donors (Lipinski definition) is 2. The zero-order valence-corrected chi connectivity index (χ0v) is 12.7. The fourth-order valence-corrected chi connectivity index (χ4v) is 3.01. The van der Waals surface area contributed by atoms with Gasteiger partial charge in [-0.1, -0.05) is 37.6 Å². The Morgan fingerprint density at radius 1 is 1.43 bits per heavy atom. The van der Waals surface area contributed by atoms with Crippen LogP contribution in [0.2, 0.25) is 0 Å². The molecule has 0 heterocycles. The zero-order chi connectivity index (χ0) is 15.5. The molecule has 0 spiro atoms. The van der Waals surface area contributed by atoms with Gasteiger partial charge in [-0.05, 0) is 25.3 Å². The first-order chi connectivity index (χ1) is 10.0. The number of aliphatic hydroxyl groups excluding tert-OH is 1. The summed E-state index contributed by atoms with van der Waals surface area (Å²) in [4.78, 5) is 24.5. The number of ketones is 1. The van der Waals surface area contributed by atoms with Gasteiger partial charge in [0.1, 0.15) is 0 Å². The van der Waals surface area contributed by atoms with Crippen LogP contribution in [-0.4, -0.2) is 28.9 Å². The molecule has 1 aromatic carbocycles. The lowest BCUT2D eigenvalue weighted by molar-refractivity contribution is -0.125. The molecule has 0 fully saturated rings. The quantitative estimate of drug-likeness (QED) is 0.875. The highest BCUT2D eigenvalue weighted by Crippen LogP contribution is 2.32. The Bertz CT molecular complexity index is 541. The van der Waals surface area contributed by atoms with E-state index in [1.807, 2.05) is 32.0 Å². The van der Waals surface area contributed by atoms with E-state index in [9.17, 15) is 14.7 Å². The molecule has 1 amide bonds. The fraction of sp³-hybridized carbons (Fsp3) is 0.529. The van der Waals surface area contributed by atoms with Gasteiger partial charge in [-0.3, -0.25) is 9.59 Å². The number of nitrogens with one attached hydrogen (secondary N) is 1. The van der Waals surface area contributed by atoms with Gasteiger partial charge in [0.25, 0.3) is 0 Å². The Morgan fingerprint density at radius 2 is 2.14 bits per heavy atom. The summed E-state index contributed by atoms with van der Waals surface area (Å²) >= 11 is 0. The summed E-state index contributed by atoms with van der Waals surface area (Å²) in [5.41, 5.74) is 0.871. The smallest absolute Gasteiger partial charge is 0.228 e. The number of benzene rings is 1. The van der Waals surface area contributed by atoms with Crippen LogP contribution in [-0.2, 0) is 4.79 Å². The molecule has 0 aliphatic heterocycles. The monoisotopic (exact) mass is 289 g/mol. The summed E-state index contributed by atoms with van der Waals surface area (Å²) in [6.45, 7) is 3.79. The van der Waals surface area contributed by atoms with E-state index in [4.69, 9.17) is 0 Å². The van der Waals surface area contributed by atoms with E-state index < -0.39 is 5.54 Å². The van der Waals surface area contributed by atoms with E-state index in [2.05, 4.69) is 5.32 Å². The largest absolute Gasteiger partial charge is 0.394 e. The van der Waals surface area contributed by atoms with Crippen molar-refractivity contribution < 1.29 is 14.7 Å². The van der Waals surface area contributed by atoms with Crippen LogP contribution in [0.15, 0.2) is 24.3 Å². The van der Waals surface area contributed by atoms with E-state index >= 15 is 0 Å². The fourth-order valence-electron chi connectivity index (χ4n) is 3.01. The van der Waals surface area contributed by atoms with Gasteiger partial charge in [0.05, 0.1) is 18.1 Å². The van der Waals surface area contributed by atoms with Crippen LogP contribution in [0.5, 0.6) is 0 Å². The molecule has 21 heavy (non-hydrogen) atoms. The predicted molar refractivity (Wildman–Crippen MR) is 81.3 cm³/mol. The summed E-state index contributed by atoms with van der Waals surface area (Å²) in [6.07, 6.45) is 2.55. The molecular formula is C17H23NO3. The van der Waals surface area contributed by atoms with Crippen LogP contribution in [0.25, 0.3) is 0 Å². The van der Waals surface area contributed by atoms with E-state index in [-0.39, 0.29) is 24.2 Å². The summed E-state index contributed by atoms with van der Waals surface area (Å²) in [5, 5.41) is 12.5. The Hall–Kier alpha value is -1.68. The molecule has 0 unspecified atom stereocenters. The third-order valence-corrected chi connectivity index (χ3v) is 4.19. The zero-order valence-electron chi connectivity index (χ0n) is 12.7. The minimum absolute atomic E-state index is 0.0835. The van der Waals surface area contributed by atoms with Gasteiger partial charge in [-0.25, -0.2) is 0 Å². The topological polar surface area (TPSA) is 66.4 Å². The van der Waals surface area contributed by atoms with Gasteiger partial charge in [-0.15, -0.1) is 0 Å². The molecule has 0 saturated heterocycles. The van der Waals surface area contributed by atoms with Crippen molar-refractivity contribution in [1.29, 1.82) is 0 Å². The number of rotatable bonds is 5. The lowest BCUT2D eigenvalue weighted by Crippen LogP contribution is -2.50. The minimum atomic E-state index is -0.595. The number of hydrogen-bond acceptors (Lipinski definition) is 3. The summed E-state index contributed by atoms with van der Waals surface area (Å²) in [7, 11) is 0. The van der Waals surface area contributed by atoms with Gasteiger partial charge in [0.2, 0.25) is 5.91 Å². The second-order valence-electron chi connectivity index (χ2n) is 6.06. The summed E-state index contributed by atoms with van der Waals surface area (Å²) < 4.78 is 0. The van der Waals surface area contributed by atoms with Crippen molar-refractivity contribution >= 4 is 11.7 Å². The molecule has 1 aromatic rings. The van der Waals surface area contributed by atoms with Crippen LogP contribution in [0.4, 0.5) is 0 Å².